The zero-order valence-electron chi connectivity index (χ0n) is 21.5. The number of carbonyl (C=O) groups excluding carboxylic acids is 1. The number of pyridine rings is 3. The third kappa shape index (κ3) is 6.37. The summed E-state index contributed by atoms with van der Waals surface area (Å²) in [6.07, 6.45) is -2.20. The van der Waals surface area contributed by atoms with Crippen LogP contribution in [0.3, 0.4) is 0 Å². The van der Waals surface area contributed by atoms with E-state index in [0.717, 1.165) is 16.3 Å². The predicted molar refractivity (Wildman–Crippen MR) is 140 cm³/mol. The Morgan fingerprint density at radius 3 is 2.62 bits per heavy atom. The molecule has 0 saturated carbocycles. The third-order valence-electron chi connectivity index (χ3n) is 6.23. The normalized spacial score (nSPS) is 13.8. The number of hydrogen-bond donors (Lipinski definition) is 3. The molecule has 1 aliphatic heterocycles. The highest BCUT2D eigenvalue weighted by molar-refractivity contribution is 6.06. The van der Waals surface area contributed by atoms with Gasteiger partial charge in [-0.15, -0.1) is 0 Å². The highest BCUT2D eigenvalue weighted by Gasteiger charge is 2.35. The fraction of sp³-hybridized carbons (Fsp3) is 0.385. The molecule has 3 N–H and O–H groups in total. The molecule has 1 amide bonds. The summed E-state index contributed by atoms with van der Waals surface area (Å²) in [7, 11) is 0. The van der Waals surface area contributed by atoms with Gasteiger partial charge in [-0.1, -0.05) is 0 Å². The summed E-state index contributed by atoms with van der Waals surface area (Å²) < 4.78 is 46.9. The summed E-state index contributed by atoms with van der Waals surface area (Å²) in [5.74, 6) is 0.180. The van der Waals surface area contributed by atoms with E-state index >= 15 is 0 Å². The number of nitrogens with zero attached hydrogens (tertiary/aromatic N) is 4. The number of aliphatic hydroxyl groups is 1. The molecule has 1 aliphatic rings. The summed E-state index contributed by atoms with van der Waals surface area (Å²) in [4.78, 5) is 36.5. The lowest BCUT2D eigenvalue weighted by atomic mass is 10.0. The van der Waals surface area contributed by atoms with E-state index in [-0.39, 0.29) is 18.7 Å². The Kier molecular flexibility index (Phi) is 8.51. The fourth-order valence-electron chi connectivity index (χ4n) is 4.26. The molecule has 3 aromatic rings. The summed E-state index contributed by atoms with van der Waals surface area (Å²) in [5, 5.41) is 14.8. The molecule has 3 aromatic heterocycles. The van der Waals surface area contributed by atoms with E-state index < -0.39 is 23.2 Å². The number of nitrogens with one attached hydrogen (secondary N) is 2. The minimum Gasteiger partial charge on any atom is -0.395 e. The standard InChI is InChI=1S/C26H29F3N6O4/c1-3-34-15-18(12-20(25(34)38)26(27,28)29)24(37)33-21-14-19(17-4-5-30-22(13-17)31-6-9-36)16(2)32-23(21)35-7-10-39-11-8-35/h4-5,12-15,36H,3,6-11H2,1-2H3,(H,30,31)(H,33,37). The number of anilines is 3. The maximum atomic E-state index is 13.5. The van der Waals surface area contributed by atoms with Gasteiger partial charge in [0.1, 0.15) is 11.4 Å². The predicted octanol–water partition coefficient (Wildman–Crippen LogP) is 3.15. The average molecular weight is 547 g/mol. The second-order valence-corrected chi connectivity index (χ2v) is 8.86. The van der Waals surface area contributed by atoms with Crippen LogP contribution >= 0.6 is 0 Å². The highest BCUT2D eigenvalue weighted by Crippen LogP contribution is 2.34. The second kappa shape index (κ2) is 11.8. The van der Waals surface area contributed by atoms with Crippen LogP contribution in [0.25, 0.3) is 11.1 Å². The third-order valence-corrected chi connectivity index (χ3v) is 6.23. The van der Waals surface area contributed by atoms with Gasteiger partial charge in [0.25, 0.3) is 11.5 Å². The van der Waals surface area contributed by atoms with Crippen molar-refractivity contribution in [3.05, 3.63) is 63.8 Å². The average Bonchev–Trinajstić information content (AvgIpc) is 2.92. The van der Waals surface area contributed by atoms with Crippen molar-refractivity contribution >= 4 is 23.2 Å². The molecule has 39 heavy (non-hydrogen) atoms. The lowest BCUT2D eigenvalue weighted by molar-refractivity contribution is -0.139. The quantitative estimate of drug-likeness (QED) is 0.394. The van der Waals surface area contributed by atoms with Gasteiger partial charge < -0.3 is 29.9 Å². The van der Waals surface area contributed by atoms with Gasteiger partial charge in [-0.2, -0.15) is 13.2 Å². The van der Waals surface area contributed by atoms with Gasteiger partial charge in [-0.25, -0.2) is 9.97 Å². The van der Waals surface area contributed by atoms with Crippen LogP contribution in [0.2, 0.25) is 0 Å². The van der Waals surface area contributed by atoms with Crippen LogP contribution in [0.1, 0.15) is 28.5 Å². The summed E-state index contributed by atoms with van der Waals surface area (Å²) in [5.41, 5.74) is -0.562. The lowest BCUT2D eigenvalue weighted by Crippen LogP contribution is -2.37. The van der Waals surface area contributed by atoms with Crippen LogP contribution in [-0.4, -0.2) is 65.0 Å². The minimum atomic E-state index is -4.91. The second-order valence-electron chi connectivity index (χ2n) is 8.86. The smallest absolute Gasteiger partial charge is 0.395 e. The van der Waals surface area contributed by atoms with Crippen LogP contribution in [0.5, 0.6) is 0 Å². The van der Waals surface area contributed by atoms with Gasteiger partial charge in [0, 0.05) is 49.8 Å². The van der Waals surface area contributed by atoms with Gasteiger partial charge >= 0.3 is 6.18 Å². The van der Waals surface area contributed by atoms with Crippen LogP contribution in [-0.2, 0) is 17.5 Å². The van der Waals surface area contributed by atoms with Crippen molar-refractivity contribution in [3.8, 4) is 11.1 Å². The van der Waals surface area contributed by atoms with Crippen molar-refractivity contribution in [2.75, 3.05) is 55.0 Å². The molecule has 0 atom stereocenters. The van der Waals surface area contributed by atoms with Crippen LogP contribution in [0.4, 0.5) is 30.5 Å². The van der Waals surface area contributed by atoms with Crippen molar-refractivity contribution in [2.45, 2.75) is 26.6 Å². The van der Waals surface area contributed by atoms with E-state index in [1.165, 1.54) is 6.92 Å². The number of hydrogen-bond acceptors (Lipinski definition) is 8. The molecule has 0 radical (unpaired) electrons. The minimum absolute atomic E-state index is 0.0347. The Hall–Kier alpha value is -3.97. The molecule has 0 aliphatic carbocycles. The molecule has 0 unspecified atom stereocenters. The van der Waals surface area contributed by atoms with E-state index in [0.29, 0.717) is 67.5 Å². The highest BCUT2D eigenvalue weighted by atomic mass is 19.4. The summed E-state index contributed by atoms with van der Waals surface area (Å²) >= 11 is 0. The number of ether oxygens (including phenoxy) is 1. The number of alkyl halides is 3. The molecule has 10 nitrogen and oxygen atoms in total. The van der Waals surface area contributed by atoms with E-state index in [9.17, 15) is 22.8 Å². The number of aryl methyl sites for hydroxylation is 2. The largest absolute Gasteiger partial charge is 0.421 e. The van der Waals surface area contributed by atoms with Gasteiger partial charge in [0.05, 0.1) is 31.1 Å². The first-order chi connectivity index (χ1) is 18.6. The Labute approximate surface area is 222 Å². The molecule has 0 spiro atoms. The molecule has 208 valence electrons. The first-order valence-corrected chi connectivity index (χ1v) is 12.4. The monoisotopic (exact) mass is 546 g/mol. The molecule has 4 rings (SSSR count). The first kappa shape index (κ1) is 28.0. The van der Waals surface area contributed by atoms with Crippen molar-refractivity contribution in [3.63, 3.8) is 0 Å². The van der Waals surface area contributed by atoms with Crippen LogP contribution < -0.4 is 21.1 Å². The molecule has 0 bridgehead atoms. The Balaban J connectivity index is 1.78. The molecular formula is C26H29F3N6O4. The Morgan fingerprint density at radius 2 is 1.95 bits per heavy atom. The Morgan fingerprint density at radius 1 is 1.21 bits per heavy atom. The summed E-state index contributed by atoms with van der Waals surface area (Å²) in [6.45, 7) is 5.48. The molecule has 1 fully saturated rings. The van der Waals surface area contributed by atoms with E-state index in [2.05, 4.69) is 15.6 Å². The summed E-state index contributed by atoms with van der Waals surface area (Å²) in [6, 6.07) is 5.83. The molecular weight excluding hydrogens is 517 g/mol. The molecule has 13 heteroatoms. The number of carbonyl (C=O) groups is 1. The van der Waals surface area contributed by atoms with E-state index in [1.807, 2.05) is 11.8 Å². The fourth-order valence-corrected chi connectivity index (χ4v) is 4.26. The topological polar surface area (TPSA) is 122 Å². The van der Waals surface area contributed by atoms with Gasteiger partial charge in [0.2, 0.25) is 0 Å². The van der Waals surface area contributed by atoms with Crippen LogP contribution in [0.15, 0.2) is 41.5 Å². The van der Waals surface area contributed by atoms with Gasteiger partial charge in [0.15, 0.2) is 5.82 Å². The number of amides is 1. The van der Waals surface area contributed by atoms with Gasteiger partial charge in [-0.3, -0.25) is 9.59 Å². The number of aliphatic hydroxyl groups excluding tert-OH is 1. The van der Waals surface area contributed by atoms with Crippen LogP contribution in [0, 0.1) is 6.92 Å². The number of aromatic nitrogens is 3. The first-order valence-electron chi connectivity index (χ1n) is 12.4. The molecule has 0 aromatic carbocycles. The maximum Gasteiger partial charge on any atom is 0.421 e. The zero-order chi connectivity index (χ0) is 28.2. The molecule has 4 heterocycles. The number of halogens is 3. The number of morpholine rings is 1. The lowest BCUT2D eigenvalue weighted by Gasteiger charge is -2.30. The van der Waals surface area contributed by atoms with E-state index in [4.69, 9.17) is 14.8 Å². The van der Waals surface area contributed by atoms with E-state index in [1.54, 1.807) is 24.4 Å². The van der Waals surface area contributed by atoms with Crippen molar-refractivity contribution in [2.24, 2.45) is 0 Å². The molecule has 1 saturated heterocycles. The SMILES string of the molecule is CCn1cc(C(=O)Nc2cc(-c3ccnc(NCCO)c3)c(C)nc2N2CCOCC2)cc(C(F)(F)F)c1=O. The van der Waals surface area contributed by atoms with Crippen molar-refractivity contribution in [1.29, 1.82) is 0 Å². The van der Waals surface area contributed by atoms with Gasteiger partial charge in [-0.05, 0) is 43.7 Å². The Bertz CT molecular complexity index is 1400. The van der Waals surface area contributed by atoms with Crippen molar-refractivity contribution in [1.82, 2.24) is 14.5 Å². The number of rotatable bonds is 8. The van der Waals surface area contributed by atoms with Crippen molar-refractivity contribution < 1.29 is 27.8 Å². The zero-order valence-corrected chi connectivity index (χ0v) is 21.5. The maximum absolute atomic E-state index is 13.5.